The first-order chi connectivity index (χ1) is 18.2. The third-order valence-electron chi connectivity index (χ3n) is 7.06. The smallest absolute Gasteiger partial charge is 0.243 e. The number of amides is 1. The zero-order chi connectivity index (χ0) is 26.9. The van der Waals surface area contributed by atoms with Crippen LogP contribution in [0.2, 0.25) is 10.0 Å². The van der Waals surface area contributed by atoms with Crippen LogP contribution in [-0.2, 0) is 21.4 Å². The van der Waals surface area contributed by atoms with Gasteiger partial charge in [0.15, 0.2) is 0 Å². The number of piperidine rings is 1. The lowest BCUT2D eigenvalue weighted by atomic mass is 9.96. The number of carbonyl (C=O) groups is 1. The van der Waals surface area contributed by atoms with Crippen molar-refractivity contribution in [3.05, 3.63) is 64.0 Å². The van der Waals surface area contributed by atoms with E-state index in [1.165, 1.54) is 4.31 Å². The van der Waals surface area contributed by atoms with Gasteiger partial charge < -0.3 is 9.42 Å². The van der Waals surface area contributed by atoms with Crippen molar-refractivity contribution in [2.45, 2.75) is 31.2 Å². The van der Waals surface area contributed by atoms with E-state index in [0.717, 1.165) is 24.9 Å². The Labute approximate surface area is 232 Å². The van der Waals surface area contributed by atoms with Crippen molar-refractivity contribution in [3.8, 4) is 11.4 Å². The second kappa shape index (κ2) is 11.3. The molecule has 0 spiro atoms. The van der Waals surface area contributed by atoms with E-state index in [1.807, 2.05) is 6.92 Å². The molecular weight excluding hydrogens is 549 g/mol. The molecule has 0 radical (unpaired) electrons. The van der Waals surface area contributed by atoms with E-state index in [2.05, 4.69) is 15.0 Å². The summed E-state index contributed by atoms with van der Waals surface area (Å²) < 4.78 is 32.9. The lowest BCUT2D eigenvalue weighted by Crippen LogP contribution is -2.53. The van der Waals surface area contributed by atoms with E-state index in [0.29, 0.717) is 53.5 Å². The van der Waals surface area contributed by atoms with Crippen LogP contribution in [0.25, 0.3) is 11.4 Å². The molecule has 1 atom stereocenters. The molecule has 0 N–H and O–H groups in total. The number of carbonyl (C=O) groups excluding carboxylic acids is 1. The quantitative estimate of drug-likeness (QED) is 0.434. The van der Waals surface area contributed by atoms with E-state index in [9.17, 15) is 13.2 Å². The lowest BCUT2D eigenvalue weighted by Gasteiger charge is -2.38. The summed E-state index contributed by atoms with van der Waals surface area (Å²) in [6, 6.07) is 12.0. The van der Waals surface area contributed by atoms with Crippen LogP contribution in [0.5, 0.6) is 0 Å². The normalized spacial score (nSPS) is 19.6. The number of hydrogen-bond acceptors (Lipinski definition) is 7. The minimum Gasteiger partial charge on any atom is -0.340 e. The van der Waals surface area contributed by atoms with E-state index in [1.54, 1.807) is 47.4 Å². The fourth-order valence-corrected chi connectivity index (χ4v) is 6.87. The molecule has 2 aliphatic rings. The maximum atomic E-state index is 13.3. The SMILES string of the molecule is Cc1ccc(S(=O)(=O)N2CCN(C(=O)C3CCCN(Cc4nc(-c5ccc(Cl)cc5Cl)no4)C3)CC2)cc1. The molecule has 1 amide bonds. The Bertz CT molecular complexity index is 1410. The Balaban J connectivity index is 1.16. The molecule has 0 bridgehead atoms. The van der Waals surface area contributed by atoms with Gasteiger partial charge in [-0.15, -0.1) is 0 Å². The zero-order valence-electron chi connectivity index (χ0n) is 21.0. The first kappa shape index (κ1) is 27.1. The molecule has 2 aliphatic heterocycles. The fraction of sp³-hybridized carbons (Fsp3) is 0.423. The van der Waals surface area contributed by atoms with Crippen molar-refractivity contribution in [3.63, 3.8) is 0 Å². The van der Waals surface area contributed by atoms with Gasteiger partial charge in [-0.2, -0.15) is 9.29 Å². The molecule has 2 saturated heterocycles. The Morgan fingerprint density at radius 1 is 1.05 bits per heavy atom. The molecule has 5 rings (SSSR count). The molecule has 1 unspecified atom stereocenters. The lowest BCUT2D eigenvalue weighted by molar-refractivity contribution is -0.138. The predicted octanol–water partition coefficient (Wildman–Crippen LogP) is 4.10. The number of aryl methyl sites for hydroxylation is 1. The molecule has 0 aliphatic carbocycles. The molecular formula is C26H29Cl2N5O4S. The second-order valence-electron chi connectivity index (χ2n) is 9.75. The highest BCUT2D eigenvalue weighted by Gasteiger charge is 2.34. The van der Waals surface area contributed by atoms with E-state index in [4.69, 9.17) is 27.7 Å². The largest absolute Gasteiger partial charge is 0.340 e. The Morgan fingerprint density at radius 3 is 2.50 bits per heavy atom. The highest BCUT2D eigenvalue weighted by Crippen LogP contribution is 2.29. The molecule has 12 heteroatoms. The first-order valence-electron chi connectivity index (χ1n) is 12.6. The number of benzene rings is 2. The number of sulfonamides is 1. The topological polar surface area (TPSA) is 99.9 Å². The van der Waals surface area contributed by atoms with Crippen LogP contribution in [-0.4, -0.2) is 77.8 Å². The van der Waals surface area contributed by atoms with Crippen molar-refractivity contribution in [2.24, 2.45) is 5.92 Å². The summed E-state index contributed by atoms with van der Waals surface area (Å²) in [5.74, 6) is 0.761. The third kappa shape index (κ3) is 5.89. The molecule has 38 heavy (non-hydrogen) atoms. The average molecular weight is 579 g/mol. The van der Waals surface area contributed by atoms with Gasteiger partial charge >= 0.3 is 0 Å². The summed E-state index contributed by atoms with van der Waals surface area (Å²) in [4.78, 5) is 22.0. The summed E-state index contributed by atoms with van der Waals surface area (Å²) in [6.45, 7) is 5.11. The highest BCUT2D eigenvalue weighted by atomic mass is 35.5. The van der Waals surface area contributed by atoms with Gasteiger partial charge in [0.05, 0.1) is 22.4 Å². The van der Waals surface area contributed by atoms with Gasteiger partial charge in [0.1, 0.15) is 0 Å². The average Bonchev–Trinajstić information content (AvgIpc) is 3.36. The maximum Gasteiger partial charge on any atom is 0.243 e. The van der Waals surface area contributed by atoms with Crippen molar-refractivity contribution < 1.29 is 17.7 Å². The number of nitrogens with zero attached hydrogens (tertiary/aromatic N) is 5. The van der Waals surface area contributed by atoms with Crippen LogP contribution in [0, 0.1) is 12.8 Å². The molecule has 9 nitrogen and oxygen atoms in total. The summed E-state index contributed by atoms with van der Waals surface area (Å²) in [7, 11) is -3.57. The molecule has 3 heterocycles. The zero-order valence-corrected chi connectivity index (χ0v) is 23.3. The van der Waals surface area contributed by atoms with Crippen LogP contribution >= 0.6 is 23.2 Å². The highest BCUT2D eigenvalue weighted by molar-refractivity contribution is 7.89. The van der Waals surface area contributed by atoms with Gasteiger partial charge in [-0.05, 0) is 56.6 Å². The summed E-state index contributed by atoms with van der Waals surface area (Å²) in [5, 5.41) is 5.03. The number of aromatic nitrogens is 2. The van der Waals surface area contributed by atoms with Crippen LogP contribution in [0.4, 0.5) is 0 Å². The Morgan fingerprint density at radius 2 is 1.79 bits per heavy atom. The van der Waals surface area contributed by atoms with Gasteiger partial charge in [0.25, 0.3) is 0 Å². The number of halogens is 2. The maximum absolute atomic E-state index is 13.3. The molecule has 2 aromatic carbocycles. The molecule has 1 aromatic heterocycles. The van der Waals surface area contributed by atoms with E-state index in [-0.39, 0.29) is 29.8 Å². The predicted molar refractivity (Wildman–Crippen MR) is 144 cm³/mol. The molecule has 2 fully saturated rings. The molecule has 3 aromatic rings. The first-order valence-corrected chi connectivity index (χ1v) is 14.8. The van der Waals surface area contributed by atoms with Gasteiger partial charge in [-0.3, -0.25) is 9.69 Å². The van der Waals surface area contributed by atoms with Crippen molar-refractivity contribution in [1.82, 2.24) is 24.2 Å². The van der Waals surface area contributed by atoms with Gasteiger partial charge in [0.2, 0.25) is 27.6 Å². The Kier molecular flexibility index (Phi) is 8.06. The second-order valence-corrected chi connectivity index (χ2v) is 12.5. The third-order valence-corrected chi connectivity index (χ3v) is 9.52. The summed E-state index contributed by atoms with van der Waals surface area (Å²) in [6.07, 6.45) is 1.68. The van der Waals surface area contributed by atoms with Crippen LogP contribution in [0.1, 0.15) is 24.3 Å². The number of piperazine rings is 1. The van der Waals surface area contributed by atoms with Crippen molar-refractivity contribution >= 4 is 39.1 Å². The summed E-state index contributed by atoms with van der Waals surface area (Å²) in [5.41, 5.74) is 1.65. The van der Waals surface area contributed by atoms with Crippen LogP contribution in [0.3, 0.4) is 0 Å². The molecule has 0 saturated carbocycles. The van der Waals surface area contributed by atoms with Crippen molar-refractivity contribution in [1.29, 1.82) is 0 Å². The Hall–Kier alpha value is -2.50. The van der Waals surface area contributed by atoms with Gasteiger partial charge in [0, 0.05) is 43.3 Å². The molecule has 202 valence electrons. The number of hydrogen-bond donors (Lipinski definition) is 0. The minimum absolute atomic E-state index is 0.0706. The fourth-order valence-electron chi connectivity index (χ4n) is 4.96. The standard InChI is InChI=1S/C26H29Cl2N5O4S/c1-18-4-7-21(8-5-18)38(35,36)33-13-11-32(12-14-33)26(34)19-3-2-10-31(16-19)17-24-29-25(30-37-24)22-9-6-20(27)15-23(22)28/h4-9,15,19H,2-3,10-14,16-17H2,1H3. The van der Waals surface area contributed by atoms with Crippen LogP contribution in [0.15, 0.2) is 51.9 Å². The van der Waals surface area contributed by atoms with Gasteiger partial charge in [-0.1, -0.05) is 46.1 Å². The van der Waals surface area contributed by atoms with Crippen LogP contribution < -0.4 is 0 Å². The van der Waals surface area contributed by atoms with Gasteiger partial charge in [-0.25, -0.2) is 8.42 Å². The summed E-state index contributed by atoms with van der Waals surface area (Å²) >= 11 is 12.2. The number of likely N-dealkylation sites (tertiary alicyclic amines) is 1. The monoisotopic (exact) mass is 577 g/mol. The minimum atomic E-state index is -3.57. The van der Waals surface area contributed by atoms with E-state index >= 15 is 0 Å². The van der Waals surface area contributed by atoms with Crippen molar-refractivity contribution in [2.75, 3.05) is 39.3 Å². The van der Waals surface area contributed by atoms with E-state index < -0.39 is 10.0 Å². The number of rotatable bonds is 6.